The van der Waals surface area contributed by atoms with Crippen LogP contribution in [0.4, 0.5) is 11.4 Å². The van der Waals surface area contributed by atoms with E-state index in [-0.39, 0.29) is 11.5 Å². The fourth-order valence-electron chi connectivity index (χ4n) is 3.77. The average Bonchev–Trinajstić information content (AvgIpc) is 2.84. The third-order valence-corrected chi connectivity index (χ3v) is 6.44. The van der Waals surface area contributed by atoms with Gasteiger partial charge in [0.15, 0.2) is 0 Å². The maximum atomic E-state index is 13.1. The van der Waals surface area contributed by atoms with Crippen LogP contribution in [0.5, 0.6) is 0 Å². The molecule has 1 aromatic carbocycles. The third kappa shape index (κ3) is 3.20. The number of thiophene rings is 1. The Morgan fingerprint density at radius 2 is 2.00 bits per heavy atom. The molecule has 0 aliphatic carbocycles. The Balaban J connectivity index is 1.76. The summed E-state index contributed by atoms with van der Waals surface area (Å²) in [5, 5.41) is 3.59. The fourth-order valence-corrected chi connectivity index (χ4v) is 4.86. The van der Waals surface area contributed by atoms with E-state index < -0.39 is 0 Å². The Bertz CT molecular complexity index is 1110. The minimum absolute atomic E-state index is 0.0107. The molecule has 1 N–H and O–H groups in total. The highest BCUT2D eigenvalue weighted by molar-refractivity contribution is 7.20. The van der Waals surface area contributed by atoms with Gasteiger partial charge in [-0.25, -0.2) is 4.98 Å². The van der Waals surface area contributed by atoms with E-state index >= 15 is 0 Å². The summed E-state index contributed by atoms with van der Waals surface area (Å²) in [4.78, 5) is 34.0. The Morgan fingerprint density at radius 3 is 2.79 bits per heavy atom. The van der Waals surface area contributed by atoms with Crippen LogP contribution in [0.15, 0.2) is 29.1 Å². The first-order valence-electron chi connectivity index (χ1n) is 9.58. The zero-order valence-electron chi connectivity index (χ0n) is 16.4. The molecule has 0 fully saturated rings. The van der Waals surface area contributed by atoms with Gasteiger partial charge in [0, 0.05) is 27.1 Å². The number of nitrogens with zero attached hydrogens (tertiary/aromatic N) is 3. The zero-order chi connectivity index (χ0) is 19.8. The molecule has 4 rings (SSSR count). The summed E-state index contributed by atoms with van der Waals surface area (Å²) >= 11 is 1.31. The number of benzene rings is 1. The summed E-state index contributed by atoms with van der Waals surface area (Å²) in [5.41, 5.74) is 2.38. The van der Waals surface area contributed by atoms with Crippen LogP contribution in [0.3, 0.4) is 0 Å². The Kier molecular flexibility index (Phi) is 4.93. The normalized spacial score (nSPS) is 13.8. The van der Waals surface area contributed by atoms with Gasteiger partial charge in [0.25, 0.3) is 11.5 Å². The second-order valence-electron chi connectivity index (χ2n) is 7.40. The number of carbonyl (C=O) groups excluding carboxylic acids is 1. The predicted molar refractivity (Wildman–Crippen MR) is 115 cm³/mol. The lowest BCUT2D eigenvalue weighted by Crippen LogP contribution is -2.24. The second-order valence-corrected chi connectivity index (χ2v) is 8.40. The number of rotatable bonds is 3. The lowest BCUT2D eigenvalue weighted by atomic mass is 10.2. The molecule has 0 saturated heterocycles. The van der Waals surface area contributed by atoms with Crippen molar-refractivity contribution in [2.24, 2.45) is 0 Å². The highest BCUT2D eigenvalue weighted by Gasteiger charge is 2.22. The molecular formula is C21H24N4O2S. The van der Waals surface area contributed by atoms with Crippen molar-refractivity contribution in [1.82, 2.24) is 9.55 Å². The number of anilines is 2. The minimum Gasteiger partial charge on any atom is -0.376 e. The molecule has 7 heteroatoms. The van der Waals surface area contributed by atoms with Crippen LogP contribution < -0.4 is 15.8 Å². The number of para-hydroxylation sites is 2. The SMILES string of the molecule is Cc1c(C(=O)Nc2ccccc2N(C)C)sc2nc3n(c(=O)c12)CCCCC3. The Labute approximate surface area is 167 Å². The van der Waals surface area contributed by atoms with Crippen molar-refractivity contribution in [2.45, 2.75) is 39.2 Å². The van der Waals surface area contributed by atoms with Gasteiger partial charge >= 0.3 is 0 Å². The quantitative estimate of drug-likeness (QED) is 0.731. The molecule has 1 aliphatic heterocycles. The van der Waals surface area contributed by atoms with Crippen molar-refractivity contribution in [3.05, 3.63) is 50.9 Å². The first kappa shape index (κ1) is 18.7. The topological polar surface area (TPSA) is 67.2 Å². The number of amides is 1. The van der Waals surface area contributed by atoms with Gasteiger partial charge in [-0.2, -0.15) is 0 Å². The number of fused-ring (bicyclic) bond motifs is 2. The highest BCUT2D eigenvalue weighted by Crippen LogP contribution is 2.30. The van der Waals surface area contributed by atoms with Gasteiger partial charge in [0.1, 0.15) is 10.7 Å². The number of aromatic nitrogens is 2. The average molecular weight is 397 g/mol. The minimum atomic E-state index is -0.200. The molecule has 3 heterocycles. The van der Waals surface area contributed by atoms with Gasteiger partial charge < -0.3 is 10.2 Å². The summed E-state index contributed by atoms with van der Waals surface area (Å²) in [6.45, 7) is 2.56. The molecular weight excluding hydrogens is 372 g/mol. The maximum absolute atomic E-state index is 13.1. The van der Waals surface area contributed by atoms with E-state index in [1.807, 2.05) is 50.2 Å². The van der Waals surface area contributed by atoms with Crippen molar-refractivity contribution >= 4 is 38.8 Å². The summed E-state index contributed by atoms with van der Waals surface area (Å²) in [6.07, 6.45) is 3.99. The number of carbonyl (C=O) groups is 1. The number of hydrogen-bond acceptors (Lipinski definition) is 5. The van der Waals surface area contributed by atoms with E-state index in [0.29, 0.717) is 21.6 Å². The first-order valence-corrected chi connectivity index (χ1v) is 10.4. The molecule has 2 aromatic heterocycles. The maximum Gasteiger partial charge on any atom is 0.266 e. The van der Waals surface area contributed by atoms with Gasteiger partial charge in [-0.15, -0.1) is 11.3 Å². The summed E-state index contributed by atoms with van der Waals surface area (Å²) in [6, 6.07) is 7.67. The smallest absolute Gasteiger partial charge is 0.266 e. The standard InChI is InChI=1S/C21H24N4O2S/c1-13-17-20(23-16-11-5-4-8-12-25(16)21(17)27)28-18(13)19(26)22-14-9-6-7-10-15(14)24(2)3/h6-7,9-10H,4-5,8,11-12H2,1-3H3,(H,22,26). The molecule has 0 saturated carbocycles. The number of hydrogen-bond donors (Lipinski definition) is 1. The molecule has 0 atom stereocenters. The van der Waals surface area contributed by atoms with E-state index in [4.69, 9.17) is 4.98 Å². The molecule has 1 amide bonds. The molecule has 28 heavy (non-hydrogen) atoms. The molecule has 0 unspecified atom stereocenters. The van der Waals surface area contributed by atoms with Crippen molar-refractivity contribution in [1.29, 1.82) is 0 Å². The highest BCUT2D eigenvalue weighted by atomic mass is 32.1. The molecule has 0 radical (unpaired) electrons. The molecule has 0 spiro atoms. The van der Waals surface area contributed by atoms with E-state index in [2.05, 4.69) is 5.32 Å². The van der Waals surface area contributed by atoms with Gasteiger partial charge in [-0.05, 0) is 37.5 Å². The van der Waals surface area contributed by atoms with Crippen LogP contribution in [0, 0.1) is 6.92 Å². The lowest BCUT2D eigenvalue weighted by Gasteiger charge is -2.17. The van der Waals surface area contributed by atoms with Crippen LogP contribution in [0.2, 0.25) is 0 Å². The van der Waals surface area contributed by atoms with Gasteiger partial charge in [0.05, 0.1) is 21.6 Å². The van der Waals surface area contributed by atoms with E-state index in [1.165, 1.54) is 11.3 Å². The largest absolute Gasteiger partial charge is 0.376 e. The van der Waals surface area contributed by atoms with Crippen LogP contribution >= 0.6 is 11.3 Å². The number of aryl methyl sites for hydroxylation is 2. The van der Waals surface area contributed by atoms with Crippen molar-refractivity contribution in [2.75, 3.05) is 24.3 Å². The predicted octanol–water partition coefficient (Wildman–Crippen LogP) is 3.81. The van der Waals surface area contributed by atoms with Crippen molar-refractivity contribution in [3.8, 4) is 0 Å². The van der Waals surface area contributed by atoms with Gasteiger partial charge in [0.2, 0.25) is 0 Å². The summed E-state index contributed by atoms with van der Waals surface area (Å²) in [7, 11) is 3.88. The van der Waals surface area contributed by atoms with E-state index in [0.717, 1.165) is 48.4 Å². The number of nitrogens with one attached hydrogen (secondary N) is 1. The summed E-state index contributed by atoms with van der Waals surface area (Å²) < 4.78 is 1.80. The van der Waals surface area contributed by atoms with E-state index in [1.54, 1.807) is 4.57 Å². The molecule has 3 aromatic rings. The second kappa shape index (κ2) is 7.39. The molecule has 0 bridgehead atoms. The molecule has 6 nitrogen and oxygen atoms in total. The van der Waals surface area contributed by atoms with Crippen LogP contribution in [0.25, 0.3) is 10.2 Å². The first-order chi connectivity index (χ1) is 13.5. The van der Waals surface area contributed by atoms with Crippen LogP contribution in [0.1, 0.15) is 40.3 Å². The van der Waals surface area contributed by atoms with Crippen LogP contribution in [-0.4, -0.2) is 29.6 Å². The monoisotopic (exact) mass is 396 g/mol. The Morgan fingerprint density at radius 1 is 1.21 bits per heavy atom. The molecule has 146 valence electrons. The Hall–Kier alpha value is -2.67. The zero-order valence-corrected chi connectivity index (χ0v) is 17.2. The van der Waals surface area contributed by atoms with Gasteiger partial charge in [-0.1, -0.05) is 18.6 Å². The van der Waals surface area contributed by atoms with Crippen molar-refractivity contribution in [3.63, 3.8) is 0 Å². The van der Waals surface area contributed by atoms with Crippen molar-refractivity contribution < 1.29 is 4.79 Å². The van der Waals surface area contributed by atoms with Gasteiger partial charge in [-0.3, -0.25) is 14.2 Å². The summed E-state index contributed by atoms with van der Waals surface area (Å²) in [5.74, 6) is 0.649. The molecule has 1 aliphatic rings. The van der Waals surface area contributed by atoms with Crippen LogP contribution in [-0.2, 0) is 13.0 Å². The third-order valence-electron chi connectivity index (χ3n) is 5.25. The van der Waals surface area contributed by atoms with E-state index in [9.17, 15) is 9.59 Å². The fraction of sp³-hybridized carbons (Fsp3) is 0.381. The lowest BCUT2D eigenvalue weighted by molar-refractivity contribution is 0.103.